The van der Waals surface area contributed by atoms with Crippen molar-refractivity contribution in [1.29, 1.82) is 0 Å². The van der Waals surface area contributed by atoms with Gasteiger partial charge in [-0.1, -0.05) is 51.9 Å². The number of rotatable bonds is 15. The molecule has 0 radical (unpaired) electrons. The van der Waals surface area contributed by atoms with Crippen LogP contribution in [0.1, 0.15) is 90.9 Å². The number of carbonyl (C=O) groups is 1. The number of likely N-dealkylation sites (N-methyl/N-ethyl adjacent to an activating group) is 1. The highest BCUT2D eigenvalue weighted by Crippen LogP contribution is 2.21. The topological polar surface area (TPSA) is 102 Å². The van der Waals surface area contributed by atoms with Crippen LogP contribution in [0.15, 0.2) is 0 Å². The molecule has 0 bridgehead atoms. The van der Waals surface area contributed by atoms with E-state index in [2.05, 4.69) is 17.6 Å². The van der Waals surface area contributed by atoms with Gasteiger partial charge in [0.2, 0.25) is 0 Å². The van der Waals surface area contributed by atoms with Gasteiger partial charge in [0, 0.05) is 18.6 Å². The lowest BCUT2D eigenvalue weighted by Crippen LogP contribution is -2.48. The smallest absolute Gasteiger partial charge is 0.306 e. The highest BCUT2D eigenvalue weighted by atomic mass is 16.4. The Morgan fingerprint density at radius 1 is 1.11 bits per heavy atom. The first kappa shape index (κ1) is 24.3. The van der Waals surface area contributed by atoms with E-state index in [1.165, 1.54) is 32.1 Å². The second-order valence-electron chi connectivity index (χ2n) is 8.39. The van der Waals surface area contributed by atoms with Crippen molar-refractivity contribution in [3.63, 3.8) is 0 Å². The van der Waals surface area contributed by atoms with Crippen molar-refractivity contribution in [2.24, 2.45) is 0 Å². The van der Waals surface area contributed by atoms with Gasteiger partial charge in [-0.3, -0.25) is 4.79 Å². The Kier molecular flexibility index (Phi) is 12.2. The lowest BCUT2D eigenvalue weighted by molar-refractivity contribution is -0.142. The molecule has 1 saturated heterocycles. The zero-order valence-electron chi connectivity index (χ0n) is 17.4. The van der Waals surface area contributed by atoms with Gasteiger partial charge in [-0.05, 0) is 39.2 Å². The van der Waals surface area contributed by atoms with Crippen LogP contribution in [0.4, 0.5) is 0 Å². The molecule has 5 N–H and O–H groups in total. The van der Waals surface area contributed by atoms with Gasteiger partial charge < -0.3 is 26.0 Å². The van der Waals surface area contributed by atoms with Gasteiger partial charge in [-0.15, -0.1) is 0 Å². The van der Waals surface area contributed by atoms with Crippen molar-refractivity contribution < 1.29 is 20.1 Å². The van der Waals surface area contributed by atoms with Gasteiger partial charge in [-0.25, -0.2) is 0 Å². The van der Waals surface area contributed by atoms with Gasteiger partial charge in [0.1, 0.15) is 0 Å². The Morgan fingerprint density at radius 3 is 2.33 bits per heavy atom. The highest BCUT2D eigenvalue weighted by molar-refractivity contribution is 5.68. The second kappa shape index (κ2) is 13.5. The largest absolute Gasteiger partial charge is 0.481 e. The normalized spacial score (nSPS) is 25.3. The molecule has 160 valence electrons. The predicted molar refractivity (Wildman–Crippen MR) is 109 cm³/mol. The summed E-state index contributed by atoms with van der Waals surface area (Å²) < 4.78 is 0. The maximum absolute atomic E-state index is 11.0. The number of carboxylic acids is 1. The van der Waals surface area contributed by atoms with E-state index in [4.69, 9.17) is 5.11 Å². The predicted octanol–water partition coefficient (Wildman–Crippen LogP) is 2.81. The summed E-state index contributed by atoms with van der Waals surface area (Å²) in [6, 6.07) is 0.781. The van der Waals surface area contributed by atoms with Crippen LogP contribution in [0.5, 0.6) is 0 Å². The number of piperidine rings is 1. The van der Waals surface area contributed by atoms with Crippen LogP contribution in [0, 0.1) is 0 Å². The van der Waals surface area contributed by atoms with Crippen molar-refractivity contribution in [3.05, 3.63) is 0 Å². The molecule has 0 amide bonds. The van der Waals surface area contributed by atoms with Gasteiger partial charge >= 0.3 is 5.97 Å². The lowest BCUT2D eigenvalue weighted by atomic mass is 9.91. The zero-order chi connectivity index (χ0) is 20.1. The third-order valence-electron chi connectivity index (χ3n) is 5.77. The SMILES string of the molecule is CCNC[C@@](O)(CCCCCCCCC[C@@H]1CC[C@@H](O)[C@H](C)N1)CC(=O)O. The van der Waals surface area contributed by atoms with E-state index in [0.29, 0.717) is 19.0 Å². The van der Waals surface area contributed by atoms with Crippen molar-refractivity contribution in [1.82, 2.24) is 10.6 Å². The third-order valence-corrected chi connectivity index (χ3v) is 5.77. The molecule has 1 aliphatic rings. The Hall–Kier alpha value is -0.690. The van der Waals surface area contributed by atoms with E-state index in [-0.39, 0.29) is 18.6 Å². The minimum atomic E-state index is -1.13. The molecule has 0 unspecified atom stereocenters. The van der Waals surface area contributed by atoms with Crippen LogP contribution in [0.2, 0.25) is 0 Å². The summed E-state index contributed by atoms with van der Waals surface area (Å²) in [4.78, 5) is 11.0. The number of hydrogen-bond donors (Lipinski definition) is 5. The summed E-state index contributed by atoms with van der Waals surface area (Å²) >= 11 is 0. The average Bonchev–Trinajstić information content (AvgIpc) is 2.61. The van der Waals surface area contributed by atoms with Crippen LogP contribution in [0.3, 0.4) is 0 Å². The molecular weight excluding hydrogens is 344 g/mol. The molecule has 0 spiro atoms. The first-order chi connectivity index (χ1) is 12.9. The molecule has 6 heteroatoms. The average molecular weight is 387 g/mol. The minimum absolute atomic E-state index is 0.188. The summed E-state index contributed by atoms with van der Waals surface area (Å²) in [5, 5.41) is 35.8. The van der Waals surface area contributed by atoms with E-state index in [1.807, 2.05) is 6.92 Å². The van der Waals surface area contributed by atoms with Gasteiger partial charge in [0.15, 0.2) is 0 Å². The highest BCUT2D eigenvalue weighted by Gasteiger charge is 2.29. The first-order valence-corrected chi connectivity index (χ1v) is 11.0. The molecule has 1 aliphatic heterocycles. The van der Waals surface area contributed by atoms with E-state index >= 15 is 0 Å². The number of aliphatic hydroxyl groups is 2. The number of unbranched alkanes of at least 4 members (excludes halogenated alkanes) is 6. The molecule has 0 aromatic heterocycles. The summed E-state index contributed by atoms with van der Waals surface area (Å²) in [5.74, 6) is -0.938. The molecule has 0 saturated carbocycles. The van der Waals surface area contributed by atoms with E-state index in [0.717, 1.165) is 38.6 Å². The first-order valence-electron chi connectivity index (χ1n) is 11.0. The molecule has 1 heterocycles. The summed E-state index contributed by atoms with van der Waals surface area (Å²) in [6.45, 7) is 5.10. The molecule has 1 fully saturated rings. The Morgan fingerprint density at radius 2 is 1.74 bits per heavy atom. The standard InChI is InChI=1S/C21H42N2O4/c1-3-22-16-21(27,15-20(25)26)14-10-8-6-4-5-7-9-11-18-12-13-19(24)17(2)23-18/h17-19,22-24,27H,3-16H2,1-2H3,(H,25,26)/t17-,18+,19+,21+/m0/s1. The fraction of sp³-hybridized carbons (Fsp3) is 0.952. The van der Waals surface area contributed by atoms with Crippen molar-refractivity contribution in [2.45, 2.75) is 115 Å². The fourth-order valence-electron chi connectivity index (χ4n) is 4.02. The number of hydrogen-bond acceptors (Lipinski definition) is 5. The molecule has 0 aliphatic carbocycles. The van der Waals surface area contributed by atoms with Gasteiger partial charge in [0.25, 0.3) is 0 Å². The number of aliphatic carboxylic acids is 1. The van der Waals surface area contributed by atoms with E-state index in [1.54, 1.807) is 0 Å². The quantitative estimate of drug-likeness (QED) is 0.277. The Labute approximate surface area is 165 Å². The molecule has 1 rings (SSSR count). The van der Waals surface area contributed by atoms with Crippen LogP contribution in [0.25, 0.3) is 0 Å². The third kappa shape index (κ3) is 11.0. The number of nitrogens with one attached hydrogen (secondary N) is 2. The van der Waals surface area contributed by atoms with E-state index in [9.17, 15) is 15.0 Å². The van der Waals surface area contributed by atoms with Crippen molar-refractivity contribution >= 4 is 5.97 Å². The number of carboxylic acid groups (broad SMARTS) is 1. The minimum Gasteiger partial charge on any atom is -0.481 e. The Balaban J connectivity index is 2.02. The summed E-state index contributed by atoms with van der Waals surface area (Å²) in [6.07, 6.45) is 11.4. The second-order valence-corrected chi connectivity index (χ2v) is 8.39. The maximum Gasteiger partial charge on any atom is 0.306 e. The van der Waals surface area contributed by atoms with Crippen molar-refractivity contribution in [3.8, 4) is 0 Å². The molecule has 0 aromatic carbocycles. The lowest BCUT2D eigenvalue weighted by Gasteiger charge is -2.32. The Bertz CT molecular complexity index is 408. The molecular formula is C21H42N2O4. The van der Waals surface area contributed by atoms with Crippen molar-refractivity contribution in [2.75, 3.05) is 13.1 Å². The summed E-state index contributed by atoms with van der Waals surface area (Å²) in [5.41, 5.74) is -1.13. The zero-order valence-corrected chi connectivity index (χ0v) is 17.4. The van der Waals surface area contributed by atoms with Crippen LogP contribution >= 0.6 is 0 Å². The van der Waals surface area contributed by atoms with Gasteiger partial charge in [-0.2, -0.15) is 0 Å². The molecule has 4 atom stereocenters. The number of aliphatic hydroxyl groups excluding tert-OH is 1. The molecule has 27 heavy (non-hydrogen) atoms. The summed E-state index contributed by atoms with van der Waals surface area (Å²) in [7, 11) is 0. The van der Waals surface area contributed by atoms with Crippen LogP contribution in [-0.4, -0.2) is 58.2 Å². The van der Waals surface area contributed by atoms with E-state index < -0.39 is 11.6 Å². The monoisotopic (exact) mass is 386 g/mol. The fourth-order valence-corrected chi connectivity index (χ4v) is 4.02. The molecule has 6 nitrogen and oxygen atoms in total. The van der Waals surface area contributed by atoms with Gasteiger partial charge in [0.05, 0.1) is 18.1 Å². The molecule has 0 aromatic rings. The maximum atomic E-state index is 11.0. The van der Waals surface area contributed by atoms with Crippen LogP contribution in [-0.2, 0) is 4.79 Å². The van der Waals surface area contributed by atoms with Crippen LogP contribution < -0.4 is 10.6 Å².